The summed E-state index contributed by atoms with van der Waals surface area (Å²) in [4.78, 5) is 105. The van der Waals surface area contributed by atoms with Crippen LogP contribution >= 0.6 is 0 Å². The van der Waals surface area contributed by atoms with Crippen LogP contribution in [0, 0.1) is 0 Å². The van der Waals surface area contributed by atoms with Crippen LogP contribution in [0.3, 0.4) is 0 Å². The number of hydrogen-bond acceptors (Lipinski definition) is 15. The first kappa shape index (κ1) is 101. The molecule has 718 valence electrons. The summed E-state index contributed by atoms with van der Waals surface area (Å²) < 4.78 is 5.21. The fourth-order valence-corrected chi connectivity index (χ4v) is 15.2. The number of aliphatic imine (C=N–C) groups is 1. The van der Waals surface area contributed by atoms with E-state index in [2.05, 4.69) is 189 Å². The molecular formula is C129H100N12O7. The molecule has 0 aliphatic heterocycles. The van der Waals surface area contributed by atoms with Crippen molar-refractivity contribution in [2.24, 2.45) is 4.99 Å². The molecule has 0 aliphatic carbocycles. The summed E-state index contributed by atoms with van der Waals surface area (Å²) in [7, 11) is 0. The fourth-order valence-electron chi connectivity index (χ4n) is 15.2. The van der Waals surface area contributed by atoms with Crippen molar-refractivity contribution in [1.29, 1.82) is 0 Å². The average Bonchev–Trinajstić information content (AvgIpc) is 1.61. The highest BCUT2D eigenvalue weighted by atomic mass is 16.4. The Kier molecular flexibility index (Phi) is 36.4. The second-order valence-electron chi connectivity index (χ2n) is 33.2. The monoisotopic (exact) mass is 1930 g/mol. The van der Waals surface area contributed by atoms with Crippen LogP contribution in [-0.2, 0) is 22.4 Å². The number of ketones is 3. The van der Waals surface area contributed by atoms with Gasteiger partial charge in [0.2, 0.25) is 11.7 Å². The topological polar surface area (TPSA) is 267 Å². The van der Waals surface area contributed by atoms with Crippen LogP contribution in [0.1, 0.15) is 49.4 Å². The molecule has 1 amide bonds. The van der Waals surface area contributed by atoms with Gasteiger partial charge in [-0.25, -0.2) is 24.7 Å². The molecule has 0 unspecified atom stereocenters. The highest BCUT2D eigenvalue weighted by Gasteiger charge is 2.17. The molecular weight excluding hydrogens is 1830 g/mol. The number of Topliss-reactive ketones (excluding diaryl/α,β-unsaturated/α-hetero) is 3. The van der Waals surface area contributed by atoms with Crippen LogP contribution in [-0.4, -0.2) is 79.4 Å². The van der Waals surface area contributed by atoms with Gasteiger partial charge in [-0.15, -0.1) is 10.2 Å². The Bertz CT molecular complexity index is 8190. The van der Waals surface area contributed by atoms with Crippen molar-refractivity contribution in [2.45, 2.75) is 19.3 Å². The van der Waals surface area contributed by atoms with Crippen LogP contribution in [0.25, 0.3) is 123 Å². The van der Waals surface area contributed by atoms with Gasteiger partial charge < -0.3 is 19.7 Å². The zero-order chi connectivity index (χ0) is 102. The molecule has 0 bridgehead atoms. The Morgan fingerprint density at radius 2 is 0.791 bits per heavy atom. The van der Waals surface area contributed by atoms with Gasteiger partial charge in [-0.3, -0.25) is 33.9 Å². The molecule has 19 nitrogen and oxygen atoms in total. The number of nitrogens with zero attached hydrogens (tertiary/aromatic N) is 9. The summed E-state index contributed by atoms with van der Waals surface area (Å²) in [6.45, 7) is 0. The first-order valence-corrected chi connectivity index (χ1v) is 48.0. The number of rotatable bonds is 18. The van der Waals surface area contributed by atoms with Gasteiger partial charge in [0.25, 0.3) is 11.5 Å². The van der Waals surface area contributed by atoms with Crippen LogP contribution in [0.15, 0.2) is 559 Å². The number of benzene rings is 18. The summed E-state index contributed by atoms with van der Waals surface area (Å²) in [6, 6.07) is 167. The Labute approximate surface area is 855 Å². The molecule has 18 aromatic carbocycles. The normalized spacial score (nSPS) is 10.5. The van der Waals surface area contributed by atoms with Crippen molar-refractivity contribution in [1.82, 2.24) is 49.9 Å². The smallest absolute Gasteiger partial charge is 0.347 e. The Balaban J connectivity index is 0.000000119. The molecule has 24 aromatic rings. The first-order valence-electron chi connectivity index (χ1n) is 48.0. The molecule has 0 atom stereocenters. The number of aromatic nitrogens is 10. The Morgan fingerprint density at radius 1 is 0.358 bits per heavy atom. The predicted octanol–water partition coefficient (Wildman–Crippen LogP) is 28.5. The lowest BCUT2D eigenvalue weighted by Gasteiger charge is -2.04. The van der Waals surface area contributed by atoms with E-state index in [1.54, 1.807) is 108 Å². The molecule has 0 fully saturated rings. The lowest BCUT2D eigenvalue weighted by Crippen LogP contribution is -2.24. The third kappa shape index (κ3) is 30.0. The van der Waals surface area contributed by atoms with E-state index in [1.165, 1.54) is 32.9 Å². The van der Waals surface area contributed by atoms with E-state index in [4.69, 9.17) is 4.42 Å². The quantitative estimate of drug-likeness (QED) is 0.0312. The minimum Gasteiger partial charge on any atom is -0.403 e. The summed E-state index contributed by atoms with van der Waals surface area (Å²) in [5.41, 5.74) is 19.2. The molecule has 0 spiro atoms. The molecule has 0 radical (unpaired) electrons. The third-order valence-electron chi connectivity index (χ3n) is 22.7. The van der Waals surface area contributed by atoms with Crippen molar-refractivity contribution in [3.63, 3.8) is 0 Å². The molecule has 6 aromatic heterocycles. The van der Waals surface area contributed by atoms with E-state index in [9.17, 15) is 28.8 Å². The standard InChI is InChI=1S/2C16H12N2.C15H13NO2.C15H12O2.C15H14.C14H10N2O.C14H9NO2.C12H9N3.C12H9N/c1-3-7-13(8-4-1)15-11-12-17-16(18-15)14-9-5-2-6-10-14;1-2-7-15(8-3-1)17-11-13-10-14-6-4-5-9-16(14)18-12-13;17-14(11-12-7-3-1-4-8-12)15(18)16-13-9-5-2-6-10-13;16-14(12-7-3-1-4-8-12)11-15(17)13-9-5-2-6-10-13;1-3-8-14(9-4-1)12-7-13-15-10-5-2-6-11-15;17-14-11-8-4-5-9-12(11)15-13(16-14)10-6-2-1-3-7-10;16-14-11-8-4-5-9-12(11)15-13(17-14)10-6-2-1-3-7-10;1-2-6-10(7-3-1)15-13-11-8-4-5-9-12(11)14-15;1-3-7-11-9(5-1)10-6-2-4-8-12(10)13-11/h2*1-12H;1-10H,11H2,(H,16,18);1-10H,11H2;1-12H,13H2;1-9H,(H,15,16,17);1-9H;1-9H;1-8,13H/b;;;;12-7+;;;;. The van der Waals surface area contributed by atoms with E-state index in [-0.39, 0.29) is 35.6 Å². The molecule has 0 saturated carbocycles. The number of H-pyrrole nitrogens is 2. The summed E-state index contributed by atoms with van der Waals surface area (Å²) >= 11 is 0. The van der Waals surface area contributed by atoms with E-state index < -0.39 is 11.7 Å². The number of aromatic amines is 2. The zero-order valence-electron chi connectivity index (χ0n) is 80.5. The van der Waals surface area contributed by atoms with E-state index in [0.717, 1.165) is 90.1 Å². The predicted molar refractivity (Wildman–Crippen MR) is 599 cm³/mol. The van der Waals surface area contributed by atoms with E-state index >= 15 is 0 Å². The van der Waals surface area contributed by atoms with Crippen LogP contribution < -0.4 is 16.5 Å². The van der Waals surface area contributed by atoms with Gasteiger partial charge in [0.15, 0.2) is 17.4 Å². The summed E-state index contributed by atoms with van der Waals surface area (Å²) in [5.74, 6) is 0.426. The minimum absolute atomic E-state index is 0.0754. The van der Waals surface area contributed by atoms with Gasteiger partial charge in [0.1, 0.15) is 16.9 Å². The molecule has 24 rings (SSSR count). The molecule has 0 saturated heterocycles. The van der Waals surface area contributed by atoms with Crippen molar-refractivity contribution in [3.8, 4) is 51.2 Å². The van der Waals surface area contributed by atoms with Crippen molar-refractivity contribution < 1.29 is 23.6 Å². The maximum absolute atomic E-state index is 11.9. The molecule has 19 heteroatoms. The number of carbonyl (C=O) groups excluding carboxylic acids is 4. The number of amides is 1. The van der Waals surface area contributed by atoms with Crippen molar-refractivity contribution >= 4 is 112 Å². The van der Waals surface area contributed by atoms with E-state index in [0.29, 0.717) is 44.8 Å². The number of nitrogens with one attached hydrogen (secondary N) is 3. The number of hydrogen-bond donors (Lipinski definition) is 3. The van der Waals surface area contributed by atoms with Crippen LogP contribution in [0.2, 0.25) is 0 Å². The van der Waals surface area contributed by atoms with Crippen molar-refractivity contribution in [2.75, 3.05) is 5.32 Å². The highest BCUT2D eigenvalue weighted by molar-refractivity contribution is 6.41. The van der Waals surface area contributed by atoms with Gasteiger partial charge in [0, 0.05) is 96.9 Å². The summed E-state index contributed by atoms with van der Waals surface area (Å²) in [6.07, 6.45) is 10.9. The summed E-state index contributed by atoms with van der Waals surface area (Å²) in [5, 5.41) is 16.2. The SMILES string of the molecule is C(=C\c1ccccc1)/Cc1ccccc1.C(=Nc1ccccc1)c1cnc2ccccc2c1.O=C(CC(=O)c1ccccc1)c1ccccc1.O=C(Cc1ccccc1)C(=O)Nc1ccccc1.O=c1[nH]c(-c2ccccc2)nc2ccccc12.O=c1oc(-c2ccccc2)nc2ccccc12.c1ccc(-c2ccnc(-c3ccccc3)n2)cc1.c1ccc(-n2nc3ccccc3n2)cc1.c1ccc2c(c1)[nH]c1ccccc12. The van der Waals surface area contributed by atoms with Gasteiger partial charge in [0.05, 0.1) is 50.8 Å². The minimum atomic E-state index is -0.579. The Hall–Kier alpha value is -20.2. The molecule has 3 N–H and O–H groups in total. The number of carbonyl (C=O) groups is 4. The van der Waals surface area contributed by atoms with E-state index in [1.807, 2.05) is 316 Å². The number of anilines is 1. The fraction of sp³-hybridized carbons (Fsp3) is 0.0233. The second-order valence-corrected chi connectivity index (χ2v) is 33.2. The lowest BCUT2D eigenvalue weighted by atomic mass is 10.0. The first-order chi connectivity index (χ1) is 72.9. The maximum Gasteiger partial charge on any atom is 0.347 e. The largest absolute Gasteiger partial charge is 0.403 e. The highest BCUT2D eigenvalue weighted by Crippen LogP contribution is 2.27. The number of fused-ring (bicyclic) bond motifs is 7. The number of pyridine rings is 1. The lowest BCUT2D eigenvalue weighted by molar-refractivity contribution is -0.134. The van der Waals surface area contributed by atoms with Crippen LogP contribution in [0.5, 0.6) is 0 Å². The number of allylic oxidation sites excluding steroid dienone is 1. The van der Waals surface area contributed by atoms with Crippen molar-refractivity contribution in [3.05, 3.63) is 594 Å². The molecule has 148 heavy (non-hydrogen) atoms. The molecule has 0 aliphatic rings. The van der Waals surface area contributed by atoms with Gasteiger partial charge in [-0.05, 0) is 138 Å². The van der Waals surface area contributed by atoms with Gasteiger partial charge in [-0.2, -0.15) is 4.80 Å². The van der Waals surface area contributed by atoms with Gasteiger partial charge >= 0.3 is 5.63 Å². The third-order valence-corrected chi connectivity index (χ3v) is 22.7. The number of para-hydroxylation sites is 8. The maximum atomic E-state index is 11.9. The molecule has 6 heterocycles. The van der Waals surface area contributed by atoms with Gasteiger partial charge in [-0.1, -0.05) is 419 Å². The zero-order valence-corrected chi connectivity index (χ0v) is 80.5. The van der Waals surface area contributed by atoms with Crippen LogP contribution in [0.4, 0.5) is 11.4 Å². The second kappa shape index (κ2) is 53.4. The average molecular weight is 1930 g/mol. The Morgan fingerprint density at radius 3 is 1.35 bits per heavy atom.